The van der Waals surface area contributed by atoms with Crippen LogP contribution >= 0.6 is 0 Å². The molecule has 0 heterocycles. The number of nitro groups is 3. The fourth-order valence-corrected chi connectivity index (χ4v) is 2.75. The molecule has 0 radical (unpaired) electrons. The Labute approximate surface area is 160 Å². The van der Waals surface area contributed by atoms with E-state index in [1.165, 1.54) is 12.2 Å². The van der Waals surface area contributed by atoms with Gasteiger partial charge in [0.25, 0.3) is 17.1 Å². The van der Waals surface area contributed by atoms with E-state index in [2.05, 4.69) is 4.90 Å². The fourth-order valence-electron chi connectivity index (χ4n) is 2.75. The van der Waals surface area contributed by atoms with Crippen LogP contribution < -0.4 is 4.90 Å². The molecule has 0 unspecified atom stereocenters. The Morgan fingerprint density at radius 3 is 1.71 bits per heavy atom. The first kappa shape index (κ1) is 20.5. The van der Waals surface area contributed by atoms with Gasteiger partial charge in [-0.25, -0.2) is 0 Å². The van der Waals surface area contributed by atoms with Crippen molar-refractivity contribution >= 4 is 34.9 Å². The van der Waals surface area contributed by atoms with Crippen molar-refractivity contribution in [1.29, 1.82) is 0 Å². The molecule has 0 aliphatic heterocycles. The second kappa shape index (κ2) is 8.71. The third kappa shape index (κ3) is 4.47. The van der Waals surface area contributed by atoms with Crippen molar-refractivity contribution < 1.29 is 14.8 Å². The molecule has 0 amide bonds. The quantitative estimate of drug-likeness (QED) is 0.372. The highest BCUT2D eigenvalue weighted by atomic mass is 16.6. The lowest BCUT2D eigenvalue weighted by molar-refractivity contribution is -0.403. The summed E-state index contributed by atoms with van der Waals surface area (Å²) >= 11 is 0. The van der Waals surface area contributed by atoms with Gasteiger partial charge in [0, 0.05) is 18.8 Å². The van der Waals surface area contributed by atoms with Gasteiger partial charge < -0.3 is 4.90 Å². The smallest absolute Gasteiger partial charge is 0.290 e. The molecule has 10 nitrogen and oxygen atoms in total. The van der Waals surface area contributed by atoms with Crippen LogP contribution in [0, 0.1) is 30.3 Å². The van der Waals surface area contributed by atoms with Crippen molar-refractivity contribution in [1.82, 2.24) is 0 Å². The summed E-state index contributed by atoms with van der Waals surface area (Å²) in [6, 6.07) is 8.77. The zero-order valence-electron chi connectivity index (χ0n) is 15.3. The molecule has 0 aliphatic rings. The minimum Gasteiger partial charge on any atom is -0.372 e. The van der Waals surface area contributed by atoms with Gasteiger partial charge in [-0.1, -0.05) is 18.2 Å². The Kier molecular flexibility index (Phi) is 6.38. The third-order valence-corrected chi connectivity index (χ3v) is 4.19. The molecule has 0 aromatic heterocycles. The summed E-state index contributed by atoms with van der Waals surface area (Å²) in [5, 5.41) is 33.5. The molecular formula is C18H18N4O6. The monoisotopic (exact) mass is 386 g/mol. The number of anilines is 1. The van der Waals surface area contributed by atoms with Gasteiger partial charge in [0.1, 0.15) is 5.56 Å². The highest BCUT2D eigenvalue weighted by Crippen LogP contribution is 2.35. The SMILES string of the molecule is CCN(CC)c1ccc(/C=C/c2c([N+](=O)[O-])cc([N+](=O)[O-])cc2[N+](=O)[O-])cc1. The highest BCUT2D eigenvalue weighted by molar-refractivity contribution is 5.81. The molecule has 0 saturated carbocycles. The van der Waals surface area contributed by atoms with E-state index in [4.69, 9.17) is 0 Å². The molecule has 10 heteroatoms. The Bertz CT molecular complexity index is 901. The predicted octanol–water partition coefficient (Wildman–Crippen LogP) is 4.43. The molecule has 0 spiro atoms. The van der Waals surface area contributed by atoms with E-state index in [0.717, 1.165) is 30.9 Å². The van der Waals surface area contributed by atoms with Crippen LogP contribution in [0.5, 0.6) is 0 Å². The average Bonchev–Trinajstić information content (AvgIpc) is 2.67. The molecule has 0 fully saturated rings. The van der Waals surface area contributed by atoms with E-state index in [0.29, 0.717) is 5.56 Å². The molecule has 0 bridgehead atoms. The van der Waals surface area contributed by atoms with Crippen LogP contribution in [0.2, 0.25) is 0 Å². The fraction of sp³-hybridized carbons (Fsp3) is 0.222. The second-order valence-electron chi connectivity index (χ2n) is 5.77. The first-order valence-electron chi connectivity index (χ1n) is 8.42. The van der Waals surface area contributed by atoms with E-state index in [9.17, 15) is 30.3 Å². The lowest BCUT2D eigenvalue weighted by Crippen LogP contribution is -2.21. The molecule has 146 valence electrons. The van der Waals surface area contributed by atoms with E-state index >= 15 is 0 Å². The van der Waals surface area contributed by atoms with Crippen LogP contribution in [-0.4, -0.2) is 27.9 Å². The van der Waals surface area contributed by atoms with Crippen LogP contribution in [-0.2, 0) is 0 Å². The largest absolute Gasteiger partial charge is 0.372 e. The number of rotatable bonds is 8. The number of nitro benzene ring substituents is 3. The lowest BCUT2D eigenvalue weighted by Gasteiger charge is -2.20. The van der Waals surface area contributed by atoms with Gasteiger partial charge in [-0.3, -0.25) is 30.3 Å². The topological polar surface area (TPSA) is 133 Å². The summed E-state index contributed by atoms with van der Waals surface area (Å²) in [4.78, 5) is 33.0. The van der Waals surface area contributed by atoms with Crippen LogP contribution in [0.4, 0.5) is 22.7 Å². The molecule has 0 N–H and O–H groups in total. The summed E-state index contributed by atoms with van der Waals surface area (Å²) in [5.41, 5.74) is -0.714. The number of nitrogens with zero attached hydrogens (tertiary/aromatic N) is 4. The summed E-state index contributed by atoms with van der Waals surface area (Å²) in [6.07, 6.45) is 2.72. The maximum Gasteiger partial charge on any atom is 0.290 e. The standard InChI is InChI=1S/C18H18N4O6/c1-3-19(4-2)14-8-5-13(6-9-14)7-10-16-17(21(25)26)11-15(20(23)24)12-18(16)22(27)28/h5-12H,3-4H2,1-2H3/b10-7+. The van der Waals surface area contributed by atoms with Gasteiger partial charge in [-0.2, -0.15) is 0 Å². The average molecular weight is 386 g/mol. The Balaban J connectivity index is 2.48. The minimum atomic E-state index is -0.903. The summed E-state index contributed by atoms with van der Waals surface area (Å²) in [6.45, 7) is 5.74. The molecule has 2 aromatic rings. The highest BCUT2D eigenvalue weighted by Gasteiger charge is 2.28. The maximum absolute atomic E-state index is 11.3. The van der Waals surface area contributed by atoms with Crippen molar-refractivity contribution in [2.24, 2.45) is 0 Å². The number of non-ortho nitro benzene ring substituents is 1. The first-order valence-corrected chi connectivity index (χ1v) is 8.42. The van der Waals surface area contributed by atoms with Crippen molar-refractivity contribution in [2.45, 2.75) is 13.8 Å². The van der Waals surface area contributed by atoms with Crippen LogP contribution in [0.25, 0.3) is 12.2 Å². The van der Waals surface area contributed by atoms with E-state index in [-0.39, 0.29) is 5.56 Å². The zero-order chi connectivity index (χ0) is 20.8. The minimum absolute atomic E-state index is 0.298. The first-order chi connectivity index (χ1) is 13.3. The van der Waals surface area contributed by atoms with E-state index in [1.807, 2.05) is 26.0 Å². The van der Waals surface area contributed by atoms with Crippen LogP contribution in [0.3, 0.4) is 0 Å². The van der Waals surface area contributed by atoms with Crippen LogP contribution in [0.1, 0.15) is 25.0 Å². The summed E-state index contributed by atoms with van der Waals surface area (Å²) < 4.78 is 0. The van der Waals surface area contributed by atoms with Crippen LogP contribution in [0.15, 0.2) is 36.4 Å². The lowest BCUT2D eigenvalue weighted by atomic mass is 10.1. The third-order valence-electron chi connectivity index (χ3n) is 4.19. The molecule has 0 atom stereocenters. The summed E-state index contributed by atoms with van der Waals surface area (Å²) in [7, 11) is 0. The van der Waals surface area contributed by atoms with Gasteiger partial charge >= 0.3 is 0 Å². The van der Waals surface area contributed by atoms with E-state index in [1.54, 1.807) is 12.1 Å². The Morgan fingerprint density at radius 2 is 1.32 bits per heavy atom. The predicted molar refractivity (Wildman–Crippen MR) is 105 cm³/mol. The van der Waals surface area contributed by atoms with Gasteiger partial charge in [0.2, 0.25) is 0 Å². The van der Waals surface area contributed by atoms with Gasteiger partial charge in [-0.05, 0) is 37.6 Å². The molecular weight excluding hydrogens is 368 g/mol. The van der Waals surface area contributed by atoms with Gasteiger partial charge in [0.15, 0.2) is 0 Å². The number of hydrogen-bond donors (Lipinski definition) is 0. The molecule has 2 aromatic carbocycles. The number of hydrogen-bond acceptors (Lipinski definition) is 7. The second-order valence-corrected chi connectivity index (χ2v) is 5.77. The number of benzene rings is 2. The van der Waals surface area contributed by atoms with Crippen molar-refractivity contribution in [2.75, 3.05) is 18.0 Å². The van der Waals surface area contributed by atoms with Crippen molar-refractivity contribution in [3.8, 4) is 0 Å². The van der Waals surface area contributed by atoms with Gasteiger partial charge in [0.05, 0.1) is 26.9 Å². The molecule has 2 rings (SSSR count). The Hall–Kier alpha value is -3.82. The normalized spacial score (nSPS) is 10.8. The molecule has 28 heavy (non-hydrogen) atoms. The zero-order valence-corrected chi connectivity index (χ0v) is 15.3. The van der Waals surface area contributed by atoms with E-state index < -0.39 is 31.8 Å². The Morgan fingerprint density at radius 1 is 0.821 bits per heavy atom. The summed E-state index contributed by atoms with van der Waals surface area (Å²) in [5.74, 6) is 0. The maximum atomic E-state index is 11.3. The molecule has 0 saturated heterocycles. The molecule has 0 aliphatic carbocycles. The van der Waals surface area contributed by atoms with Crippen molar-refractivity contribution in [3.05, 3.63) is 77.9 Å². The van der Waals surface area contributed by atoms with Gasteiger partial charge in [-0.15, -0.1) is 0 Å². The van der Waals surface area contributed by atoms with Crippen molar-refractivity contribution in [3.63, 3.8) is 0 Å².